The van der Waals surface area contributed by atoms with E-state index in [1.54, 1.807) is 23.5 Å². The summed E-state index contributed by atoms with van der Waals surface area (Å²) in [6.45, 7) is 0.0967. The Labute approximate surface area is 116 Å². The first-order valence-corrected chi connectivity index (χ1v) is 8.78. The van der Waals surface area contributed by atoms with Crippen LogP contribution in [0.2, 0.25) is 0 Å². The Balaban J connectivity index is 1.93. The number of fused-ring (bicyclic) bond motifs is 1. The summed E-state index contributed by atoms with van der Waals surface area (Å²) in [7, 11) is -1.47. The van der Waals surface area contributed by atoms with Crippen LogP contribution in [0, 0.1) is 0 Å². The van der Waals surface area contributed by atoms with Crippen molar-refractivity contribution in [3.63, 3.8) is 0 Å². The molecule has 1 aliphatic rings. The maximum absolute atomic E-state index is 11.8. The summed E-state index contributed by atoms with van der Waals surface area (Å²) < 4.78 is 25.7. The molecule has 0 saturated carbocycles. The van der Waals surface area contributed by atoms with Crippen molar-refractivity contribution >= 4 is 33.5 Å². The number of carbonyl (C=O) groups excluding carboxylic acids is 1. The van der Waals surface area contributed by atoms with Gasteiger partial charge in [-0.1, -0.05) is 0 Å². The van der Waals surface area contributed by atoms with Crippen molar-refractivity contribution in [1.82, 2.24) is 14.5 Å². The molecule has 2 heterocycles. The summed E-state index contributed by atoms with van der Waals surface area (Å²) in [6.07, 6.45) is 1.16. The Hall–Kier alpha value is -1.06. The van der Waals surface area contributed by atoms with Crippen LogP contribution in [0.3, 0.4) is 0 Å². The second-order valence-electron chi connectivity index (χ2n) is 4.35. The van der Waals surface area contributed by atoms with Gasteiger partial charge in [-0.3, -0.25) is 9.48 Å². The number of sulfonamides is 1. The Morgan fingerprint density at radius 3 is 2.89 bits per heavy atom. The summed E-state index contributed by atoms with van der Waals surface area (Å²) in [5.74, 6) is 2.21. The Morgan fingerprint density at radius 1 is 1.47 bits per heavy atom. The number of amides is 1. The molecule has 0 fully saturated rings. The molecular formula is C10H16N4O3S2. The number of carbonyl (C=O) groups is 1. The lowest BCUT2D eigenvalue weighted by atomic mass is 10.2. The van der Waals surface area contributed by atoms with E-state index < -0.39 is 10.0 Å². The minimum Gasteiger partial charge on any atom is -0.311 e. The van der Waals surface area contributed by atoms with E-state index >= 15 is 0 Å². The summed E-state index contributed by atoms with van der Waals surface area (Å²) in [5, 5.41) is 7.12. The minimum absolute atomic E-state index is 0.0967. The monoisotopic (exact) mass is 304 g/mol. The molecule has 0 spiro atoms. The van der Waals surface area contributed by atoms with Crippen LogP contribution >= 0.6 is 11.8 Å². The molecule has 0 aliphatic carbocycles. The van der Waals surface area contributed by atoms with E-state index in [0.29, 0.717) is 5.82 Å². The molecule has 19 heavy (non-hydrogen) atoms. The van der Waals surface area contributed by atoms with E-state index in [1.165, 1.54) is 0 Å². The number of rotatable bonds is 5. The molecule has 1 aromatic rings. The minimum atomic E-state index is -3.25. The van der Waals surface area contributed by atoms with Crippen LogP contribution in [0.1, 0.15) is 17.7 Å². The molecule has 106 valence electrons. The maximum atomic E-state index is 11.8. The van der Waals surface area contributed by atoms with Gasteiger partial charge in [0.25, 0.3) is 0 Å². The molecule has 1 amide bonds. The Kier molecular flexibility index (Phi) is 4.16. The Morgan fingerprint density at radius 2 is 2.21 bits per heavy atom. The fourth-order valence-electron chi connectivity index (χ4n) is 1.84. The third kappa shape index (κ3) is 3.71. The van der Waals surface area contributed by atoms with Crippen LogP contribution in [-0.2, 0) is 33.4 Å². The summed E-state index contributed by atoms with van der Waals surface area (Å²) in [6, 6.07) is 0. The molecule has 0 bridgehead atoms. The van der Waals surface area contributed by atoms with E-state index in [-0.39, 0.29) is 18.9 Å². The van der Waals surface area contributed by atoms with Gasteiger partial charge in [0.15, 0.2) is 0 Å². The highest BCUT2D eigenvalue weighted by Gasteiger charge is 2.22. The molecule has 0 saturated heterocycles. The highest BCUT2D eigenvalue weighted by Crippen LogP contribution is 2.34. The zero-order valence-electron chi connectivity index (χ0n) is 10.8. The number of aromatic nitrogens is 2. The topological polar surface area (TPSA) is 93.1 Å². The number of aryl methyl sites for hydroxylation is 1. The van der Waals surface area contributed by atoms with Crippen molar-refractivity contribution < 1.29 is 13.2 Å². The molecule has 0 aromatic carbocycles. The van der Waals surface area contributed by atoms with Crippen molar-refractivity contribution in [1.29, 1.82) is 0 Å². The molecule has 9 heteroatoms. The van der Waals surface area contributed by atoms with Gasteiger partial charge in [-0.05, 0) is 0 Å². The summed E-state index contributed by atoms with van der Waals surface area (Å²) >= 11 is 1.76. The lowest BCUT2D eigenvalue weighted by Gasteiger charge is -2.07. The van der Waals surface area contributed by atoms with Crippen molar-refractivity contribution in [2.45, 2.75) is 17.9 Å². The molecule has 1 aromatic heterocycles. The fourth-order valence-corrected chi connectivity index (χ4v) is 3.35. The fraction of sp³-hybridized carbons (Fsp3) is 0.600. The molecule has 2 rings (SSSR count). The number of anilines is 1. The highest BCUT2D eigenvalue weighted by atomic mass is 32.2. The average molecular weight is 304 g/mol. The van der Waals surface area contributed by atoms with Crippen LogP contribution < -0.4 is 10.0 Å². The van der Waals surface area contributed by atoms with E-state index in [9.17, 15) is 13.2 Å². The molecule has 0 radical (unpaired) electrons. The Bertz CT molecular complexity index is 594. The second kappa shape index (κ2) is 5.51. The normalized spacial score (nSPS) is 14.4. The maximum Gasteiger partial charge on any atom is 0.226 e. The smallest absolute Gasteiger partial charge is 0.226 e. The molecule has 0 atom stereocenters. The van der Waals surface area contributed by atoms with Crippen molar-refractivity contribution in [3.8, 4) is 0 Å². The second-order valence-corrected chi connectivity index (χ2v) is 7.17. The van der Waals surface area contributed by atoms with Crippen LogP contribution in [0.4, 0.5) is 5.82 Å². The van der Waals surface area contributed by atoms with Gasteiger partial charge in [0, 0.05) is 37.1 Å². The van der Waals surface area contributed by atoms with E-state index in [4.69, 9.17) is 0 Å². The van der Waals surface area contributed by atoms with Crippen LogP contribution in [0.25, 0.3) is 0 Å². The standard InChI is InChI=1S/C10H16N4O3S2/c1-14-10(7-5-18-6-8(7)13-14)12-9(15)3-4-11-19(2,16)17/h11H,3-6H2,1-2H3,(H,12,15). The molecule has 2 N–H and O–H groups in total. The third-order valence-electron chi connectivity index (χ3n) is 2.69. The first kappa shape index (κ1) is 14.4. The van der Waals surface area contributed by atoms with Gasteiger partial charge in [-0.25, -0.2) is 13.1 Å². The van der Waals surface area contributed by atoms with E-state index in [0.717, 1.165) is 29.0 Å². The molecule has 7 nitrogen and oxygen atoms in total. The number of nitrogens with zero attached hydrogens (tertiary/aromatic N) is 2. The van der Waals surface area contributed by atoms with Crippen LogP contribution in [0.15, 0.2) is 0 Å². The molecular weight excluding hydrogens is 288 g/mol. The largest absolute Gasteiger partial charge is 0.311 e. The zero-order chi connectivity index (χ0) is 14.0. The van der Waals surface area contributed by atoms with E-state index in [2.05, 4.69) is 15.1 Å². The first-order chi connectivity index (χ1) is 8.87. The van der Waals surface area contributed by atoms with Gasteiger partial charge in [-0.15, -0.1) is 0 Å². The van der Waals surface area contributed by atoms with Gasteiger partial charge in [0.2, 0.25) is 15.9 Å². The van der Waals surface area contributed by atoms with Gasteiger partial charge in [0.1, 0.15) is 5.82 Å². The van der Waals surface area contributed by atoms with Gasteiger partial charge < -0.3 is 5.32 Å². The molecule has 1 aliphatic heterocycles. The first-order valence-electron chi connectivity index (χ1n) is 5.74. The van der Waals surface area contributed by atoms with E-state index in [1.807, 2.05) is 0 Å². The van der Waals surface area contributed by atoms with Crippen LogP contribution in [0.5, 0.6) is 0 Å². The summed E-state index contributed by atoms with van der Waals surface area (Å²) in [4.78, 5) is 11.8. The number of hydrogen-bond acceptors (Lipinski definition) is 5. The predicted molar refractivity (Wildman–Crippen MR) is 74.3 cm³/mol. The van der Waals surface area contributed by atoms with Gasteiger partial charge in [-0.2, -0.15) is 16.9 Å². The van der Waals surface area contributed by atoms with Crippen LogP contribution in [-0.4, -0.2) is 36.9 Å². The van der Waals surface area contributed by atoms with Gasteiger partial charge in [0.05, 0.1) is 11.9 Å². The SMILES string of the molecule is Cn1nc2c(c1NC(=O)CCNS(C)(=O)=O)CSC2. The quantitative estimate of drug-likeness (QED) is 0.801. The van der Waals surface area contributed by atoms with Crippen molar-refractivity contribution in [2.75, 3.05) is 18.1 Å². The lowest BCUT2D eigenvalue weighted by molar-refractivity contribution is -0.116. The summed E-state index contributed by atoms with van der Waals surface area (Å²) in [5.41, 5.74) is 2.08. The average Bonchev–Trinajstić information content (AvgIpc) is 2.81. The van der Waals surface area contributed by atoms with Crippen molar-refractivity contribution in [3.05, 3.63) is 11.3 Å². The predicted octanol–water partition coefficient (Wildman–Crippen LogP) is 0.0447. The number of nitrogens with one attached hydrogen (secondary N) is 2. The molecule has 0 unspecified atom stereocenters. The highest BCUT2D eigenvalue weighted by molar-refractivity contribution is 7.98. The lowest BCUT2D eigenvalue weighted by Crippen LogP contribution is -2.27. The third-order valence-corrected chi connectivity index (χ3v) is 4.39. The zero-order valence-corrected chi connectivity index (χ0v) is 12.4. The number of thioether (sulfide) groups is 1. The van der Waals surface area contributed by atoms with Crippen molar-refractivity contribution in [2.24, 2.45) is 7.05 Å². The van der Waals surface area contributed by atoms with Gasteiger partial charge >= 0.3 is 0 Å². The number of hydrogen-bond donors (Lipinski definition) is 2.